The van der Waals surface area contributed by atoms with Gasteiger partial charge < -0.3 is 25.0 Å². The maximum absolute atomic E-state index is 13.8. The van der Waals surface area contributed by atoms with E-state index in [2.05, 4.69) is 20.4 Å². The summed E-state index contributed by atoms with van der Waals surface area (Å²) in [6, 6.07) is 9.91. The maximum Gasteiger partial charge on any atom is 0.388 e. The minimum absolute atomic E-state index is 0.00235. The van der Waals surface area contributed by atoms with Gasteiger partial charge in [-0.05, 0) is 56.9 Å². The van der Waals surface area contributed by atoms with E-state index in [1.54, 1.807) is 19.9 Å². The molecule has 0 spiro atoms. The zero-order valence-electron chi connectivity index (χ0n) is 22.4. The van der Waals surface area contributed by atoms with Crippen molar-refractivity contribution in [1.82, 2.24) is 15.2 Å². The third-order valence-electron chi connectivity index (χ3n) is 6.40. The van der Waals surface area contributed by atoms with Gasteiger partial charge in [0.05, 0.1) is 6.61 Å². The summed E-state index contributed by atoms with van der Waals surface area (Å²) in [5.41, 5.74) is -0.390. The lowest BCUT2D eigenvalue weighted by atomic mass is 9.69. The number of rotatable bonds is 9. The number of carbonyl (C=O) groups excluding carboxylic acids is 3. The lowest BCUT2D eigenvalue weighted by Gasteiger charge is -2.50. The number of alkyl halides is 2. The minimum atomic E-state index is -3.12. The van der Waals surface area contributed by atoms with E-state index in [9.17, 15) is 23.2 Å². The molecule has 1 fully saturated rings. The SMILES string of the molecule is CCOC(=O)C(C)(C)NC(=O)N1CC(C(=O)Nc2ccc(C)nc2OC(F)F)(c2ccccc2C(C)C)C1. The van der Waals surface area contributed by atoms with Crippen LogP contribution in [-0.4, -0.2) is 59.6 Å². The zero-order valence-corrected chi connectivity index (χ0v) is 22.4. The van der Waals surface area contributed by atoms with Crippen LogP contribution in [0.3, 0.4) is 0 Å². The summed E-state index contributed by atoms with van der Waals surface area (Å²) in [5, 5.41) is 5.36. The lowest BCUT2D eigenvalue weighted by molar-refractivity contribution is -0.149. The van der Waals surface area contributed by atoms with Gasteiger partial charge in [0.25, 0.3) is 0 Å². The van der Waals surface area contributed by atoms with Crippen LogP contribution in [0.25, 0.3) is 0 Å². The van der Waals surface area contributed by atoms with E-state index in [1.807, 2.05) is 38.1 Å². The largest absolute Gasteiger partial charge is 0.464 e. The molecule has 3 amide bonds. The molecule has 1 aliphatic heterocycles. The third kappa shape index (κ3) is 6.03. The summed E-state index contributed by atoms with van der Waals surface area (Å²) in [5.74, 6) is -1.41. The molecule has 1 aliphatic rings. The Morgan fingerprint density at radius 1 is 1.13 bits per heavy atom. The van der Waals surface area contributed by atoms with E-state index >= 15 is 0 Å². The van der Waals surface area contributed by atoms with E-state index in [0.717, 1.165) is 11.1 Å². The topological polar surface area (TPSA) is 110 Å². The number of aromatic nitrogens is 1. The number of carbonyl (C=O) groups is 3. The molecular formula is C27H34F2N4O5. The molecule has 0 atom stereocenters. The van der Waals surface area contributed by atoms with E-state index in [4.69, 9.17) is 4.74 Å². The van der Waals surface area contributed by atoms with E-state index in [0.29, 0.717) is 5.69 Å². The first-order valence-electron chi connectivity index (χ1n) is 12.4. The predicted molar refractivity (Wildman–Crippen MR) is 137 cm³/mol. The molecule has 0 radical (unpaired) electrons. The molecule has 1 saturated heterocycles. The number of likely N-dealkylation sites (tertiary alicyclic amines) is 1. The molecule has 11 heteroatoms. The highest BCUT2D eigenvalue weighted by Gasteiger charge is 2.54. The first-order valence-corrected chi connectivity index (χ1v) is 12.4. The molecule has 2 aromatic rings. The highest BCUT2D eigenvalue weighted by molar-refractivity contribution is 6.02. The van der Waals surface area contributed by atoms with Crippen molar-refractivity contribution in [3.05, 3.63) is 53.2 Å². The Bertz CT molecular complexity index is 1200. The van der Waals surface area contributed by atoms with Crippen molar-refractivity contribution >= 4 is 23.6 Å². The van der Waals surface area contributed by atoms with Crippen LogP contribution in [0.5, 0.6) is 5.88 Å². The Morgan fingerprint density at radius 3 is 2.39 bits per heavy atom. The third-order valence-corrected chi connectivity index (χ3v) is 6.40. The average Bonchev–Trinajstić information content (AvgIpc) is 2.80. The molecule has 0 bridgehead atoms. The Kier molecular flexibility index (Phi) is 8.58. The fourth-order valence-electron chi connectivity index (χ4n) is 4.37. The van der Waals surface area contributed by atoms with Gasteiger partial charge in [0.2, 0.25) is 11.8 Å². The second-order valence-corrected chi connectivity index (χ2v) is 10.1. The minimum Gasteiger partial charge on any atom is -0.464 e. The van der Waals surface area contributed by atoms with Crippen LogP contribution in [0.1, 0.15) is 57.4 Å². The van der Waals surface area contributed by atoms with Crippen molar-refractivity contribution in [1.29, 1.82) is 0 Å². The zero-order chi connectivity index (χ0) is 28.3. The van der Waals surface area contributed by atoms with Crippen molar-refractivity contribution in [3.63, 3.8) is 0 Å². The van der Waals surface area contributed by atoms with Gasteiger partial charge in [-0.3, -0.25) is 4.79 Å². The Labute approximate surface area is 220 Å². The van der Waals surface area contributed by atoms with E-state index < -0.39 is 41.4 Å². The van der Waals surface area contributed by atoms with Crippen LogP contribution in [0.4, 0.5) is 19.3 Å². The van der Waals surface area contributed by atoms with E-state index in [-0.39, 0.29) is 31.3 Å². The maximum atomic E-state index is 13.8. The number of benzene rings is 1. The molecular weight excluding hydrogens is 498 g/mol. The van der Waals surface area contributed by atoms with Crippen LogP contribution in [0, 0.1) is 6.92 Å². The molecule has 9 nitrogen and oxygen atoms in total. The number of amides is 3. The average molecular weight is 533 g/mol. The molecule has 0 saturated carbocycles. The number of pyridine rings is 1. The summed E-state index contributed by atoms with van der Waals surface area (Å²) in [7, 11) is 0. The van der Waals surface area contributed by atoms with Gasteiger partial charge in [-0.15, -0.1) is 0 Å². The molecule has 2 N–H and O–H groups in total. The smallest absolute Gasteiger partial charge is 0.388 e. The van der Waals surface area contributed by atoms with Crippen molar-refractivity contribution < 1.29 is 32.6 Å². The number of esters is 1. The Hall–Kier alpha value is -3.76. The fraction of sp³-hybridized carbons (Fsp3) is 0.481. The summed E-state index contributed by atoms with van der Waals surface area (Å²) >= 11 is 0. The number of hydrogen-bond acceptors (Lipinski definition) is 6. The highest BCUT2D eigenvalue weighted by Crippen LogP contribution is 2.40. The molecule has 0 unspecified atom stereocenters. The first-order chi connectivity index (χ1) is 17.8. The quantitative estimate of drug-likeness (QED) is 0.465. The van der Waals surface area contributed by atoms with Gasteiger partial charge in [0.1, 0.15) is 16.6 Å². The van der Waals surface area contributed by atoms with Gasteiger partial charge >= 0.3 is 18.6 Å². The number of urea groups is 1. The van der Waals surface area contributed by atoms with Crippen LogP contribution >= 0.6 is 0 Å². The summed E-state index contributed by atoms with van der Waals surface area (Å²) in [6.07, 6.45) is 0. The summed E-state index contributed by atoms with van der Waals surface area (Å²) in [6.45, 7) is 7.38. The van der Waals surface area contributed by atoms with Crippen molar-refractivity contribution in [2.24, 2.45) is 0 Å². The Balaban J connectivity index is 1.93. The highest BCUT2D eigenvalue weighted by atomic mass is 19.3. The molecule has 2 heterocycles. The molecule has 38 heavy (non-hydrogen) atoms. The first kappa shape index (κ1) is 28.8. The van der Waals surface area contributed by atoms with Crippen molar-refractivity contribution in [3.8, 4) is 5.88 Å². The van der Waals surface area contributed by atoms with Gasteiger partial charge in [-0.1, -0.05) is 38.1 Å². The fourth-order valence-corrected chi connectivity index (χ4v) is 4.37. The number of hydrogen-bond donors (Lipinski definition) is 2. The standard InChI is InChI=1S/C27H34F2N4O5/c1-7-37-23(35)26(5,6)32-25(36)33-14-27(15-33,19-11-9-8-10-18(19)16(2)3)22(34)31-20-13-12-17(4)30-21(20)38-24(28)29/h8-13,16,24H,7,14-15H2,1-6H3,(H,31,34)(H,32,36). The summed E-state index contributed by atoms with van der Waals surface area (Å²) < 4.78 is 35.6. The van der Waals surface area contributed by atoms with Crippen LogP contribution in [0.2, 0.25) is 0 Å². The number of anilines is 1. The van der Waals surface area contributed by atoms with Crippen molar-refractivity contribution in [2.45, 2.75) is 65.0 Å². The van der Waals surface area contributed by atoms with Gasteiger partial charge in [0.15, 0.2) is 0 Å². The van der Waals surface area contributed by atoms with Crippen LogP contribution in [0.15, 0.2) is 36.4 Å². The number of halogens is 2. The molecule has 206 valence electrons. The monoisotopic (exact) mass is 532 g/mol. The van der Waals surface area contributed by atoms with Crippen LogP contribution < -0.4 is 15.4 Å². The molecule has 1 aromatic heterocycles. The molecule has 3 rings (SSSR count). The van der Waals surface area contributed by atoms with E-state index in [1.165, 1.54) is 24.8 Å². The number of nitrogens with one attached hydrogen (secondary N) is 2. The normalized spacial score (nSPS) is 14.6. The van der Waals surface area contributed by atoms with Gasteiger partial charge in [-0.2, -0.15) is 8.78 Å². The van der Waals surface area contributed by atoms with Crippen LogP contribution in [-0.2, 0) is 19.7 Å². The number of aryl methyl sites for hydroxylation is 1. The lowest BCUT2D eigenvalue weighted by Crippen LogP contribution is -2.69. The van der Waals surface area contributed by atoms with Gasteiger partial charge in [-0.25, -0.2) is 14.6 Å². The molecule has 0 aliphatic carbocycles. The van der Waals surface area contributed by atoms with Crippen molar-refractivity contribution in [2.75, 3.05) is 25.0 Å². The van der Waals surface area contributed by atoms with Gasteiger partial charge in [0, 0.05) is 18.8 Å². The number of nitrogens with zero attached hydrogens (tertiary/aromatic N) is 2. The molecule has 1 aromatic carbocycles. The summed E-state index contributed by atoms with van der Waals surface area (Å²) in [4.78, 5) is 44.6. The second kappa shape index (κ2) is 11.3. The second-order valence-electron chi connectivity index (χ2n) is 10.1. The number of ether oxygens (including phenoxy) is 2. The predicted octanol–water partition coefficient (Wildman–Crippen LogP) is 4.36. The Morgan fingerprint density at radius 2 is 1.79 bits per heavy atom.